The first kappa shape index (κ1) is 11.3. The highest BCUT2D eigenvalue weighted by atomic mass is 19.3. The van der Waals surface area contributed by atoms with Crippen molar-refractivity contribution in [3.63, 3.8) is 0 Å². The summed E-state index contributed by atoms with van der Waals surface area (Å²) in [5.41, 5.74) is 2.00. The zero-order chi connectivity index (χ0) is 11.7. The number of hydrogen-bond donors (Lipinski definition) is 1. The summed E-state index contributed by atoms with van der Waals surface area (Å²) < 4.78 is 29.1. The maximum atomic E-state index is 12.3. The third-order valence-electron chi connectivity index (χ3n) is 3.12. The van der Waals surface area contributed by atoms with E-state index in [0.717, 1.165) is 17.5 Å². The molecule has 88 valence electrons. The zero-order valence-electron chi connectivity index (χ0n) is 9.34. The average molecular weight is 227 g/mol. The second kappa shape index (κ2) is 4.37. The van der Waals surface area contributed by atoms with Gasteiger partial charge in [-0.3, -0.25) is 0 Å². The molecule has 0 saturated heterocycles. The molecule has 2 atom stereocenters. The number of nitrogens with one attached hydrogen (secondary N) is 1. The Kier molecular flexibility index (Phi) is 3.10. The minimum absolute atomic E-state index is 0.242. The number of alkyl halides is 2. The summed E-state index contributed by atoms with van der Waals surface area (Å²) >= 11 is 0. The van der Waals surface area contributed by atoms with Crippen molar-refractivity contribution in [2.24, 2.45) is 0 Å². The molecule has 0 aromatic heterocycles. The minimum Gasteiger partial charge on any atom is -0.435 e. The van der Waals surface area contributed by atoms with E-state index >= 15 is 0 Å². The fourth-order valence-corrected chi connectivity index (χ4v) is 2.46. The van der Waals surface area contributed by atoms with Crippen LogP contribution in [0.4, 0.5) is 8.78 Å². The molecule has 0 spiro atoms. The number of fused-ring (bicyclic) bond motifs is 1. The summed E-state index contributed by atoms with van der Waals surface area (Å²) in [6, 6.07) is 5.59. The number of hydrogen-bond acceptors (Lipinski definition) is 2. The van der Waals surface area contributed by atoms with Gasteiger partial charge in [0.05, 0.1) is 0 Å². The van der Waals surface area contributed by atoms with Gasteiger partial charge in [0, 0.05) is 11.6 Å². The summed E-state index contributed by atoms with van der Waals surface area (Å²) in [5.74, 6) is 0.570. The Morgan fingerprint density at radius 2 is 2.19 bits per heavy atom. The summed E-state index contributed by atoms with van der Waals surface area (Å²) in [6.07, 6.45) is 0.926. The van der Waals surface area contributed by atoms with E-state index in [1.165, 1.54) is 0 Å². The molecule has 0 aliphatic heterocycles. The maximum absolute atomic E-state index is 12.3. The Labute approximate surface area is 93.6 Å². The highest BCUT2D eigenvalue weighted by Gasteiger charge is 2.30. The highest BCUT2D eigenvalue weighted by Crippen LogP contribution is 2.44. The molecule has 1 aromatic rings. The fraction of sp³-hybridized carbons (Fsp3) is 0.500. The maximum Gasteiger partial charge on any atom is 0.387 e. The predicted molar refractivity (Wildman–Crippen MR) is 57.9 cm³/mol. The number of benzene rings is 1. The van der Waals surface area contributed by atoms with E-state index in [4.69, 9.17) is 0 Å². The van der Waals surface area contributed by atoms with Crippen molar-refractivity contribution >= 4 is 0 Å². The van der Waals surface area contributed by atoms with E-state index < -0.39 is 6.61 Å². The van der Waals surface area contributed by atoms with Crippen LogP contribution in [0.3, 0.4) is 0 Å². The lowest BCUT2D eigenvalue weighted by atomic mass is 10.0. The molecule has 1 aromatic carbocycles. The lowest BCUT2D eigenvalue weighted by Gasteiger charge is -2.13. The molecule has 0 heterocycles. The van der Waals surface area contributed by atoms with Gasteiger partial charge in [-0.05, 0) is 31.0 Å². The number of ether oxygens (including phenoxy) is 1. The normalized spacial score (nSPS) is 23.6. The van der Waals surface area contributed by atoms with Crippen LogP contribution in [0.15, 0.2) is 18.2 Å². The smallest absolute Gasteiger partial charge is 0.387 e. The fourth-order valence-electron chi connectivity index (χ4n) is 2.46. The molecule has 0 bridgehead atoms. The molecule has 0 saturated carbocycles. The molecule has 0 fully saturated rings. The van der Waals surface area contributed by atoms with Crippen LogP contribution in [0, 0.1) is 0 Å². The van der Waals surface area contributed by atoms with Gasteiger partial charge >= 0.3 is 6.61 Å². The van der Waals surface area contributed by atoms with Crippen molar-refractivity contribution in [2.45, 2.75) is 31.9 Å². The van der Waals surface area contributed by atoms with E-state index in [1.54, 1.807) is 12.1 Å². The van der Waals surface area contributed by atoms with Crippen LogP contribution in [-0.2, 0) is 0 Å². The first-order chi connectivity index (χ1) is 7.63. The largest absolute Gasteiger partial charge is 0.435 e. The third-order valence-corrected chi connectivity index (χ3v) is 3.12. The van der Waals surface area contributed by atoms with Crippen molar-refractivity contribution < 1.29 is 13.5 Å². The summed E-state index contributed by atoms with van der Waals surface area (Å²) in [6.45, 7) is -0.721. The highest BCUT2D eigenvalue weighted by molar-refractivity contribution is 5.47. The van der Waals surface area contributed by atoms with E-state index in [2.05, 4.69) is 10.1 Å². The van der Waals surface area contributed by atoms with Gasteiger partial charge in [0.25, 0.3) is 0 Å². The molecule has 2 nitrogen and oxygen atoms in total. The lowest BCUT2D eigenvalue weighted by Crippen LogP contribution is -2.13. The third kappa shape index (κ3) is 1.89. The molecule has 0 radical (unpaired) electrons. The van der Waals surface area contributed by atoms with Crippen LogP contribution in [0.2, 0.25) is 0 Å². The number of halogens is 2. The zero-order valence-corrected chi connectivity index (χ0v) is 9.34. The van der Waals surface area contributed by atoms with Crippen LogP contribution in [0.25, 0.3) is 0 Å². The quantitative estimate of drug-likeness (QED) is 0.856. The molecule has 1 aliphatic rings. The second-order valence-electron chi connectivity index (χ2n) is 4.12. The Morgan fingerprint density at radius 1 is 1.44 bits per heavy atom. The van der Waals surface area contributed by atoms with Crippen LogP contribution in [0.5, 0.6) is 5.75 Å². The summed E-state index contributed by atoms with van der Waals surface area (Å²) in [4.78, 5) is 0. The molecule has 2 unspecified atom stereocenters. The molecule has 16 heavy (non-hydrogen) atoms. The topological polar surface area (TPSA) is 21.3 Å². The van der Waals surface area contributed by atoms with Crippen molar-refractivity contribution in [3.8, 4) is 5.75 Å². The molecule has 4 heteroatoms. The molecule has 1 aliphatic carbocycles. The predicted octanol–water partition coefficient (Wildman–Crippen LogP) is 3.06. The van der Waals surface area contributed by atoms with Gasteiger partial charge in [0.1, 0.15) is 5.75 Å². The number of rotatable bonds is 3. The van der Waals surface area contributed by atoms with Crippen molar-refractivity contribution in [1.29, 1.82) is 0 Å². The van der Waals surface area contributed by atoms with Crippen LogP contribution in [-0.4, -0.2) is 13.7 Å². The van der Waals surface area contributed by atoms with Crippen LogP contribution in [0.1, 0.15) is 36.4 Å². The van der Waals surface area contributed by atoms with Gasteiger partial charge in [-0.1, -0.05) is 19.1 Å². The minimum atomic E-state index is -2.76. The van der Waals surface area contributed by atoms with Gasteiger partial charge in [-0.25, -0.2) is 0 Å². The Hall–Kier alpha value is -1.16. The van der Waals surface area contributed by atoms with Crippen molar-refractivity contribution in [2.75, 3.05) is 7.05 Å². The lowest BCUT2D eigenvalue weighted by molar-refractivity contribution is -0.0505. The molecular formula is C12H15F2NO. The van der Waals surface area contributed by atoms with E-state index in [-0.39, 0.29) is 12.0 Å². The molecule has 1 N–H and O–H groups in total. The van der Waals surface area contributed by atoms with Gasteiger partial charge in [-0.15, -0.1) is 0 Å². The van der Waals surface area contributed by atoms with Crippen molar-refractivity contribution in [3.05, 3.63) is 29.3 Å². The second-order valence-corrected chi connectivity index (χ2v) is 4.12. The van der Waals surface area contributed by atoms with E-state index in [9.17, 15) is 8.78 Å². The van der Waals surface area contributed by atoms with Gasteiger partial charge < -0.3 is 10.1 Å². The first-order valence-electron chi connectivity index (χ1n) is 5.38. The molecule has 2 rings (SSSR count). The van der Waals surface area contributed by atoms with Crippen LogP contribution >= 0.6 is 0 Å². The van der Waals surface area contributed by atoms with E-state index in [1.807, 2.05) is 20.0 Å². The van der Waals surface area contributed by atoms with Gasteiger partial charge in [0.15, 0.2) is 0 Å². The monoisotopic (exact) mass is 227 g/mol. The Bertz CT molecular complexity index is 381. The summed E-state index contributed by atoms with van der Waals surface area (Å²) in [7, 11) is 1.88. The van der Waals surface area contributed by atoms with Crippen LogP contribution < -0.4 is 10.1 Å². The Balaban J connectivity index is 2.39. The first-order valence-corrected chi connectivity index (χ1v) is 5.38. The molecule has 0 amide bonds. The van der Waals surface area contributed by atoms with Gasteiger partial charge in [-0.2, -0.15) is 8.78 Å². The summed E-state index contributed by atoms with van der Waals surface area (Å²) in [5, 5.41) is 3.19. The Morgan fingerprint density at radius 3 is 2.81 bits per heavy atom. The average Bonchev–Trinajstić information content (AvgIpc) is 2.56. The van der Waals surface area contributed by atoms with E-state index in [0.29, 0.717) is 5.75 Å². The van der Waals surface area contributed by atoms with Crippen molar-refractivity contribution in [1.82, 2.24) is 5.32 Å². The molecular weight excluding hydrogens is 212 g/mol. The van der Waals surface area contributed by atoms with Gasteiger partial charge in [0.2, 0.25) is 0 Å². The standard InChI is InChI=1S/C12H15F2NO/c1-7-6-9(15-2)8-4-3-5-10(11(7)8)16-12(13)14/h3-5,7,9,12,15H,6H2,1-2H3. The SMILES string of the molecule is CNC1CC(C)c2c(OC(F)F)cccc21.